The molecule has 0 saturated carbocycles. The first kappa shape index (κ1) is 19.5. The predicted molar refractivity (Wildman–Crippen MR) is 123 cm³/mol. The number of amides is 1. The summed E-state index contributed by atoms with van der Waals surface area (Å²) in [7, 11) is 0. The van der Waals surface area contributed by atoms with Gasteiger partial charge in [0.2, 0.25) is 5.91 Å². The summed E-state index contributed by atoms with van der Waals surface area (Å²) < 4.78 is 1.92. The molecule has 0 fully saturated rings. The van der Waals surface area contributed by atoms with Crippen molar-refractivity contribution in [1.82, 2.24) is 19.6 Å². The van der Waals surface area contributed by atoms with Crippen LogP contribution < -0.4 is 5.32 Å². The van der Waals surface area contributed by atoms with Gasteiger partial charge in [-0.1, -0.05) is 43.8 Å². The summed E-state index contributed by atoms with van der Waals surface area (Å²) in [5.74, 6) is 0.950. The molecule has 4 aromatic rings. The van der Waals surface area contributed by atoms with Crippen LogP contribution in [-0.2, 0) is 24.1 Å². The highest BCUT2D eigenvalue weighted by Crippen LogP contribution is 2.39. The minimum Gasteiger partial charge on any atom is -0.325 e. The third-order valence-electron chi connectivity index (χ3n) is 5.68. The number of nitrogens with zero attached hydrogens (tertiary/aromatic N) is 4. The van der Waals surface area contributed by atoms with Crippen LogP contribution in [0.1, 0.15) is 36.3 Å². The van der Waals surface area contributed by atoms with Crippen LogP contribution in [0.3, 0.4) is 0 Å². The summed E-state index contributed by atoms with van der Waals surface area (Å²) in [5, 5.41) is 13.7. The number of anilines is 1. The molecule has 1 atom stereocenters. The van der Waals surface area contributed by atoms with Gasteiger partial charge in [-0.05, 0) is 48.8 Å². The highest BCUT2D eigenvalue weighted by atomic mass is 32.2. The number of thioether (sulfide) groups is 1. The van der Waals surface area contributed by atoms with Crippen molar-refractivity contribution in [3.8, 4) is 0 Å². The molecule has 5 rings (SSSR count). The first-order valence-electron chi connectivity index (χ1n) is 10.3. The second-order valence-electron chi connectivity index (χ2n) is 7.80. The first-order chi connectivity index (χ1) is 14.6. The fourth-order valence-corrected chi connectivity index (χ4v) is 6.13. The minimum absolute atomic E-state index is 0.0476. The maximum absolute atomic E-state index is 12.5. The molecule has 0 spiro atoms. The van der Waals surface area contributed by atoms with Gasteiger partial charge in [0.25, 0.3) is 0 Å². The van der Waals surface area contributed by atoms with E-state index >= 15 is 0 Å². The number of thiophene rings is 1. The van der Waals surface area contributed by atoms with Gasteiger partial charge in [-0.3, -0.25) is 9.20 Å². The smallest absolute Gasteiger partial charge is 0.234 e. The summed E-state index contributed by atoms with van der Waals surface area (Å²) >= 11 is 3.17. The summed E-state index contributed by atoms with van der Waals surface area (Å²) in [6.45, 7) is 4.39. The monoisotopic (exact) mass is 437 g/mol. The average Bonchev–Trinajstić information content (AvgIpc) is 3.32. The Morgan fingerprint density at radius 2 is 2.20 bits per heavy atom. The molecule has 1 aromatic carbocycles. The zero-order chi connectivity index (χ0) is 20.7. The van der Waals surface area contributed by atoms with Crippen LogP contribution in [0.15, 0.2) is 35.7 Å². The lowest BCUT2D eigenvalue weighted by Crippen LogP contribution is -2.15. The fourth-order valence-electron chi connectivity index (χ4n) is 4.09. The Labute approximate surface area is 183 Å². The minimum atomic E-state index is -0.0476. The molecular formula is C22H23N5OS2. The number of para-hydroxylation sites is 1. The number of fused-ring (bicyclic) bond motifs is 5. The molecule has 1 aliphatic rings. The van der Waals surface area contributed by atoms with Gasteiger partial charge in [0.15, 0.2) is 10.8 Å². The Hall–Kier alpha value is -2.45. The van der Waals surface area contributed by atoms with E-state index in [1.54, 1.807) is 17.7 Å². The quantitative estimate of drug-likeness (QED) is 0.456. The van der Waals surface area contributed by atoms with Crippen molar-refractivity contribution in [2.45, 2.75) is 44.7 Å². The molecule has 0 radical (unpaired) electrons. The van der Waals surface area contributed by atoms with Gasteiger partial charge < -0.3 is 5.32 Å². The van der Waals surface area contributed by atoms with Gasteiger partial charge in [-0.2, -0.15) is 0 Å². The summed E-state index contributed by atoms with van der Waals surface area (Å²) in [6, 6.07) is 7.90. The van der Waals surface area contributed by atoms with Crippen LogP contribution in [-0.4, -0.2) is 31.2 Å². The Kier molecular flexibility index (Phi) is 5.20. The van der Waals surface area contributed by atoms with Crippen molar-refractivity contribution in [2.24, 2.45) is 5.92 Å². The third-order valence-corrected chi connectivity index (χ3v) is 7.78. The molecule has 3 aromatic heterocycles. The second kappa shape index (κ2) is 8.00. The van der Waals surface area contributed by atoms with E-state index in [1.165, 1.54) is 28.6 Å². The lowest BCUT2D eigenvalue weighted by atomic mass is 9.89. The van der Waals surface area contributed by atoms with E-state index in [0.29, 0.717) is 5.16 Å². The predicted octanol–water partition coefficient (Wildman–Crippen LogP) is 4.76. The number of aromatic nitrogens is 4. The summed E-state index contributed by atoms with van der Waals surface area (Å²) in [5.41, 5.74) is 4.25. The summed E-state index contributed by atoms with van der Waals surface area (Å²) in [4.78, 5) is 19.7. The zero-order valence-electron chi connectivity index (χ0n) is 17.0. The van der Waals surface area contributed by atoms with Gasteiger partial charge in [0, 0.05) is 10.6 Å². The Morgan fingerprint density at radius 3 is 3.07 bits per heavy atom. The number of hydrogen-bond donors (Lipinski definition) is 1. The lowest BCUT2D eigenvalue weighted by molar-refractivity contribution is -0.113. The van der Waals surface area contributed by atoms with Crippen molar-refractivity contribution in [2.75, 3.05) is 11.1 Å². The molecule has 6 nitrogen and oxygen atoms in total. The normalized spacial score (nSPS) is 16.1. The molecule has 1 aliphatic carbocycles. The van der Waals surface area contributed by atoms with Crippen molar-refractivity contribution in [3.63, 3.8) is 0 Å². The molecular weight excluding hydrogens is 414 g/mol. The number of aryl methyl sites for hydroxylation is 2. The third kappa shape index (κ3) is 3.48. The lowest BCUT2D eigenvalue weighted by Gasteiger charge is -2.17. The number of carbonyl (C=O) groups is 1. The number of benzene rings is 1. The number of nitrogens with one attached hydrogen (secondary N) is 1. The summed E-state index contributed by atoms with van der Waals surface area (Å²) in [6.07, 6.45) is 6.07. The zero-order valence-corrected chi connectivity index (χ0v) is 18.6. The highest BCUT2D eigenvalue weighted by molar-refractivity contribution is 7.99. The molecule has 0 aliphatic heterocycles. The van der Waals surface area contributed by atoms with Gasteiger partial charge in [-0.25, -0.2) is 4.98 Å². The van der Waals surface area contributed by atoms with Crippen LogP contribution in [0.2, 0.25) is 0 Å². The first-order valence-corrected chi connectivity index (χ1v) is 12.1. The van der Waals surface area contributed by atoms with Crippen molar-refractivity contribution < 1.29 is 4.79 Å². The van der Waals surface area contributed by atoms with E-state index in [2.05, 4.69) is 34.3 Å². The topological polar surface area (TPSA) is 72.2 Å². The van der Waals surface area contributed by atoms with E-state index in [-0.39, 0.29) is 11.7 Å². The van der Waals surface area contributed by atoms with Gasteiger partial charge in [0.05, 0.1) is 11.1 Å². The van der Waals surface area contributed by atoms with Gasteiger partial charge >= 0.3 is 0 Å². The molecule has 3 heterocycles. The number of hydrogen-bond acceptors (Lipinski definition) is 6. The average molecular weight is 438 g/mol. The number of carbonyl (C=O) groups excluding carboxylic acids is 1. The van der Waals surface area contributed by atoms with Crippen molar-refractivity contribution >= 4 is 50.6 Å². The van der Waals surface area contributed by atoms with Crippen LogP contribution in [0.5, 0.6) is 0 Å². The molecule has 0 bridgehead atoms. The van der Waals surface area contributed by atoms with E-state index in [1.807, 2.05) is 28.7 Å². The van der Waals surface area contributed by atoms with E-state index in [0.717, 1.165) is 52.3 Å². The molecule has 1 N–H and O–H groups in total. The van der Waals surface area contributed by atoms with Crippen molar-refractivity contribution in [1.29, 1.82) is 0 Å². The molecule has 154 valence electrons. The van der Waals surface area contributed by atoms with Crippen molar-refractivity contribution in [3.05, 3.63) is 46.6 Å². The Bertz CT molecular complexity index is 1250. The molecule has 0 unspecified atom stereocenters. The van der Waals surface area contributed by atoms with Gasteiger partial charge in [-0.15, -0.1) is 21.5 Å². The Balaban J connectivity index is 1.38. The molecule has 30 heavy (non-hydrogen) atoms. The molecule has 1 amide bonds. The standard InChI is InChI=1S/C22H23N5OS2/c1-3-14-6-4-5-7-16(14)24-18(28)11-29-22-26-25-20-19-15-9-8-13(2)10-17(15)30-21(19)23-12-27(20)22/h4-7,12-13H,3,8-11H2,1-2H3,(H,24,28)/t13-/m0/s1. The molecule has 0 saturated heterocycles. The highest BCUT2D eigenvalue weighted by Gasteiger charge is 2.24. The van der Waals surface area contributed by atoms with E-state index < -0.39 is 0 Å². The largest absolute Gasteiger partial charge is 0.325 e. The second-order valence-corrected chi connectivity index (χ2v) is 9.83. The van der Waals surface area contributed by atoms with Gasteiger partial charge in [0.1, 0.15) is 11.2 Å². The Morgan fingerprint density at radius 1 is 1.33 bits per heavy atom. The maximum Gasteiger partial charge on any atom is 0.234 e. The van der Waals surface area contributed by atoms with E-state index in [9.17, 15) is 4.79 Å². The maximum atomic E-state index is 12.5. The number of rotatable bonds is 5. The molecule has 8 heteroatoms. The fraction of sp³-hybridized carbons (Fsp3) is 0.364. The SMILES string of the molecule is CCc1ccccc1NC(=O)CSc1nnc2c3c4c(sc3ncn12)C[C@@H](C)CC4. The van der Waals surface area contributed by atoms with Crippen LogP contribution in [0, 0.1) is 5.92 Å². The van der Waals surface area contributed by atoms with Crippen LogP contribution in [0.4, 0.5) is 5.69 Å². The van der Waals surface area contributed by atoms with E-state index in [4.69, 9.17) is 0 Å². The van der Waals surface area contributed by atoms with Crippen LogP contribution >= 0.6 is 23.1 Å². The van der Waals surface area contributed by atoms with Crippen LogP contribution in [0.25, 0.3) is 15.9 Å².